The highest BCUT2D eigenvalue weighted by Crippen LogP contribution is 2.14. The van der Waals surface area contributed by atoms with E-state index in [0.717, 1.165) is 6.42 Å². The average Bonchev–Trinajstić information content (AvgIpc) is 1.84. The molecule has 0 spiro atoms. The minimum atomic E-state index is -2.81. The first-order valence-electron chi connectivity index (χ1n) is 3.22. The van der Waals surface area contributed by atoms with E-state index >= 15 is 0 Å². The van der Waals surface area contributed by atoms with Gasteiger partial charge in [-0.3, -0.25) is 4.79 Å². The summed E-state index contributed by atoms with van der Waals surface area (Å²) in [5.74, 6) is -4.11. The summed E-state index contributed by atoms with van der Waals surface area (Å²) in [6.07, 6.45) is 0.967. The van der Waals surface area contributed by atoms with Crippen LogP contribution >= 0.6 is 0 Å². The first-order valence-corrected chi connectivity index (χ1v) is 3.22. The summed E-state index contributed by atoms with van der Waals surface area (Å²) in [6, 6.07) is 0. The zero-order valence-corrected chi connectivity index (χ0v) is 5.93. The van der Waals surface area contributed by atoms with Gasteiger partial charge < -0.3 is 10.8 Å². The van der Waals surface area contributed by atoms with Gasteiger partial charge >= 0.3 is 0 Å². The lowest BCUT2D eigenvalue weighted by molar-refractivity contribution is -0.158. The molecule has 0 aromatic carbocycles. The van der Waals surface area contributed by atoms with E-state index in [1.807, 2.05) is 6.92 Å². The molecule has 3 nitrogen and oxygen atoms in total. The van der Waals surface area contributed by atoms with Crippen molar-refractivity contribution in [1.82, 2.24) is 0 Å². The third kappa shape index (κ3) is 2.77. The molecule has 1 amide bonds. The Morgan fingerprint density at radius 2 is 2.30 bits per heavy atom. The van der Waals surface area contributed by atoms with Crippen molar-refractivity contribution in [1.29, 1.82) is 0 Å². The van der Waals surface area contributed by atoms with Gasteiger partial charge in [0, 0.05) is 6.42 Å². The molecule has 0 aromatic heterocycles. The van der Waals surface area contributed by atoms with Gasteiger partial charge in [0.15, 0.2) is 0 Å². The number of rotatable bonds is 4. The van der Waals surface area contributed by atoms with Gasteiger partial charge in [-0.25, -0.2) is 4.39 Å². The number of primary amides is 1. The molecule has 60 valence electrons. The fraction of sp³-hybridized carbons (Fsp3) is 0.833. The molecule has 1 unspecified atom stereocenters. The monoisotopic (exact) mass is 149 g/mol. The summed E-state index contributed by atoms with van der Waals surface area (Å²) < 4.78 is 12.5. The second-order valence-electron chi connectivity index (χ2n) is 2.23. The Balaban J connectivity index is 3.75. The van der Waals surface area contributed by atoms with Gasteiger partial charge in [-0.2, -0.15) is 0 Å². The molecular weight excluding hydrogens is 137 g/mol. The molecule has 0 radical (unpaired) electrons. The van der Waals surface area contributed by atoms with Crippen LogP contribution in [0.1, 0.15) is 26.2 Å². The van der Waals surface area contributed by atoms with E-state index in [1.54, 1.807) is 0 Å². The molecule has 0 aromatic rings. The lowest BCUT2D eigenvalue weighted by atomic mass is 10.1. The fourth-order valence-corrected chi connectivity index (χ4v) is 0.534. The van der Waals surface area contributed by atoms with Crippen LogP contribution in [-0.4, -0.2) is 16.9 Å². The molecule has 0 rings (SSSR count). The largest absolute Gasteiger partial charge is 0.365 e. The predicted octanol–water partition coefficient (Wildman–Crippen LogP) is 0.320. The van der Waals surface area contributed by atoms with Crippen molar-refractivity contribution in [3.05, 3.63) is 0 Å². The van der Waals surface area contributed by atoms with E-state index in [1.165, 1.54) is 0 Å². The van der Waals surface area contributed by atoms with Crippen LogP contribution in [0, 0.1) is 0 Å². The first-order chi connectivity index (χ1) is 4.50. The van der Waals surface area contributed by atoms with Crippen LogP contribution in [0.4, 0.5) is 4.39 Å². The normalized spacial score (nSPS) is 16.3. The summed E-state index contributed by atoms with van der Waals surface area (Å²) in [5.41, 5.74) is 4.55. The van der Waals surface area contributed by atoms with Gasteiger partial charge in [-0.1, -0.05) is 13.3 Å². The van der Waals surface area contributed by atoms with Crippen molar-refractivity contribution in [2.24, 2.45) is 5.73 Å². The van der Waals surface area contributed by atoms with Gasteiger partial charge in [-0.05, 0) is 6.42 Å². The number of carbonyl (C=O) groups excluding carboxylic acids is 1. The Labute approximate surface area is 59.0 Å². The number of hydrogen-bond acceptors (Lipinski definition) is 2. The molecule has 0 fully saturated rings. The second kappa shape index (κ2) is 3.51. The van der Waals surface area contributed by atoms with Gasteiger partial charge in [0.1, 0.15) is 0 Å². The van der Waals surface area contributed by atoms with Crippen LogP contribution < -0.4 is 5.73 Å². The maximum atomic E-state index is 12.5. The smallest absolute Gasteiger partial charge is 0.285 e. The maximum absolute atomic E-state index is 12.5. The van der Waals surface area contributed by atoms with Gasteiger partial charge in [0.2, 0.25) is 0 Å². The predicted molar refractivity (Wildman–Crippen MR) is 34.8 cm³/mol. The van der Waals surface area contributed by atoms with Crippen LogP contribution in [0.2, 0.25) is 0 Å². The van der Waals surface area contributed by atoms with Crippen molar-refractivity contribution in [2.75, 3.05) is 0 Å². The number of halogens is 1. The average molecular weight is 149 g/mol. The van der Waals surface area contributed by atoms with Crippen molar-refractivity contribution >= 4 is 5.91 Å². The molecule has 0 heterocycles. The highest BCUT2D eigenvalue weighted by atomic mass is 19.2. The number of aliphatic hydroxyl groups is 1. The highest BCUT2D eigenvalue weighted by molar-refractivity contribution is 5.81. The van der Waals surface area contributed by atoms with E-state index in [0.29, 0.717) is 6.42 Å². The Bertz CT molecular complexity index is 125. The topological polar surface area (TPSA) is 63.3 Å². The standard InChI is InChI=1S/C6H12FNO2/c1-2-3-4-6(7,10)5(8)9/h10H,2-4H2,1H3,(H2,8,9). The zero-order valence-electron chi connectivity index (χ0n) is 5.93. The quantitative estimate of drug-likeness (QED) is 0.604. The third-order valence-electron chi connectivity index (χ3n) is 1.24. The minimum Gasteiger partial charge on any atom is -0.365 e. The van der Waals surface area contributed by atoms with Crippen LogP contribution in [0.3, 0.4) is 0 Å². The lowest BCUT2D eigenvalue weighted by Gasteiger charge is -2.12. The number of alkyl halides is 1. The second-order valence-corrected chi connectivity index (χ2v) is 2.23. The fourth-order valence-electron chi connectivity index (χ4n) is 0.534. The van der Waals surface area contributed by atoms with E-state index in [-0.39, 0.29) is 6.42 Å². The highest BCUT2D eigenvalue weighted by Gasteiger charge is 2.32. The summed E-state index contributed by atoms with van der Waals surface area (Å²) >= 11 is 0. The van der Waals surface area contributed by atoms with Gasteiger partial charge in [0.25, 0.3) is 11.8 Å². The van der Waals surface area contributed by atoms with Gasteiger partial charge in [-0.15, -0.1) is 0 Å². The van der Waals surface area contributed by atoms with E-state index in [2.05, 4.69) is 5.73 Å². The Kier molecular flexibility index (Phi) is 3.28. The van der Waals surface area contributed by atoms with E-state index in [4.69, 9.17) is 5.11 Å². The molecule has 4 heteroatoms. The summed E-state index contributed by atoms with van der Waals surface area (Å²) in [4.78, 5) is 10.1. The number of amides is 1. The van der Waals surface area contributed by atoms with Crippen molar-refractivity contribution in [3.63, 3.8) is 0 Å². The molecule has 3 N–H and O–H groups in total. The van der Waals surface area contributed by atoms with Crippen molar-refractivity contribution in [2.45, 2.75) is 32.0 Å². The molecular formula is C6H12FNO2. The van der Waals surface area contributed by atoms with Crippen LogP contribution in [0.15, 0.2) is 0 Å². The first kappa shape index (κ1) is 9.36. The third-order valence-corrected chi connectivity index (χ3v) is 1.24. The van der Waals surface area contributed by atoms with Crippen LogP contribution in [0.5, 0.6) is 0 Å². The van der Waals surface area contributed by atoms with Crippen LogP contribution in [-0.2, 0) is 4.79 Å². The summed E-state index contributed by atoms with van der Waals surface area (Å²) in [7, 11) is 0. The molecule has 0 aliphatic rings. The Hall–Kier alpha value is -0.640. The van der Waals surface area contributed by atoms with Crippen molar-refractivity contribution in [3.8, 4) is 0 Å². The molecule has 1 atom stereocenters. The Morgan fingerprint density at radius 1 is 1.80 bits per heavy atom. The molecule has 0 aliphatic heterocycles. The zero-order chi connectivity index (χ0) is 8.20. The SMILES string of the molecule is CCCCC(O)(F)C(N)=O. The number of unbranched alkanes of at least 4 members (excludes halogenated alkanes) is 1. The number of carbonyl (C=O) groups is 1. The Morgan fingerprint density at radius 3 is 2.60 bits per heavy atom. The number of nitrogens with two attached hydrogens (primary N) is 1. The lowest BCUT2D eigenvalue weighted by Crippen LogP contribution is -2.39. The molecule has 0 saturated heterocycles. The maximum Gasteiger partial charge on any atom is 0.285 e. The molecule has 0 aliphatic carbocycles. The molecule has 0 saturated carbocycles. The van der Waals surface area contributed by atoms with E-state index < -0.39 is 11.8 Å². The summed E-state index contributed by atoms with van der Waals surface area (Å²) in [5, 5.41) is 8.58. The summed E-state index contributed by atoms with van der Waals surface area (Å²) in [6.45, 7) is 1.83. The minimum absolute atomic E-state index is 0.209. The van der Waals surface area contributed by atoms with E-state index in [9.17, 15) is 9.18 Å². The van der Waals surface area contributed by atoms with Gasteiger partial charge in [0.05, 0.1) is 0 Å². The molecule has 10 heavy (non-hydrogen) atoms. The van der Waals surface area contributed by atoms with Crippen LogP contribution in [0.25, 0.3) is 0 Å². The number of hydrogen-bond donors (Lipinski definition) is 2. The molecule has 0 bridgehead atoms. The van der Waals surface area contributed by atoms with Crippen molar-refractivity contribution < 1.29 is 14.3 Å².